The van der Waals surface area contributed by atoms with Crippen LogP contribution in [-0.4, -0.2) is 25.5 Å². The van der Waals surface area contributed by atoms with Gasteiger partial charge in [-0.15, -0.1) is 0 Å². The largest absolute Gasteiger partial charge is 0.508 e. The van der Waals surface area contributed by atoms with E-state index in [1.807, 2.05) is 0 Å². The van der Waals surface area contributed by atoms with Gasteiger partial charge in [-0.05, 0) is 12.1 Å². The molecule has 0 amide bonds. The van der Waals surface area contributed by atoms with Crippen LogP contribution in [0.3, 0.4) is 0 Å². The van der Waals surface area contributed by atoms with Crippen LogP contribution in [0, 0.1) is 10.1 Å². The lowest BCUT2D eigenvalue weighted by atomic mass is 10.1. The summed E-state index contributed by atoms with van der Waals surface area (Å²) in [6.07, 6.45) is 3.18. The summed E-state index contributed by atoms with van der Waals surface area (Å²) in [6.45, 7) is 0. The van der Waals surface area contributed by atoms with Crippen molar-refractivity contribution >= 4 is 28.4 Å². The highest BCUT2D eigenvalue weighted by atomic mass is 16.6. The van der Waals surface area contributed by atoms with Crippen molar-refractivity contribution in [2.24, 2.45) is 7.05 Å². The number of phenols is 2. The molecule has 0 aliphatic carbocycles. The molecule has 3 aromatic rings. The van der Waals surface area contributed by atoms with Gasteiger partial charge in [0.1, 0.15) is 22.8 Å². The molecule has 0 unspecified atom stereocenters. The third-order valence-electron chi connectivity index (χ3n) is 4.24. The number of aromatic hydroxyl groups is 2. The Morgan fingerprint density at radius 3 is 2.73 bits per heavy atom. The molecule has 0 spiro atoms. The Morgan fingerprint density at radius 1 is 1.23 bits per heavy atom. The van der Waals surface area contributed by atoms with Crippen molar-refractivity contribution in [1.29, 1.82) is 0 Å². The maximum absolute atomic E-state index is 12.5. The number of allylic oxidation sites excluding steroid dienone is 1. The number of rotatable bonds is 2. The summed E-state index contributed by atoms with van der Waals surface area (Å²) in [7, 11) is 1.78. The molecular formula is C18H12N2O6. The number of aromatic nitrogens is 1. The molecule has 2 N–H and O–H groups in total. The number of non-ortho nitro benzene ring substituents is 1. The monoisotopic (exact) mass is 352 g/mol. The van der Waals surface area contributed by atoms with Crippen molar-refractivity contribution in [1.82, 2.24) is 4.57 Å². The molecule has 2 aromatic carbocycles. The minimum absolute atomic E-state index is 0.0275. The summed E-state index contributed by atoms with van der Waals surface area (Å²) in [5, 5.41) is 31.0. The van der Waals surface area contributed by atoms with Crippen molar-refractivity contribution in [3.8, 4) is 17.2 Å². The number of nitrogens with zero attached hydrogens (tertiary/aromatic N) is 2. The van der Waals surface area contributed by atoms with Crippen LogP contribution in [0.15, 0.2) is 42.3 Å². The molecule has 1 aromatic heterocycles. The molecule has 4 rings (SSSR count). The highest BCUT2D eigenvalue weighted by Gasteiger charge is 2.31. The maximum atomic E-state index is 12.5. The molecule has 26 heavy (non-hydrogen) atoms. The predicted octanol–water partition coefficient (Wildman–Crippen LogP) is 3.11. The van der Waals surface area contributed by atoms with Crippen molar-refractivity contribution in [3.63, 3.8) is 0 Å². The number of benzene rings is 2. The lowest BCUT2D eigenvalue weighted by Gasteiger charge is -2.00. The van der Waals surface area contributed by atoms with Gasteiger partial charge in [0.05, 0.1) is 4.92 Å². The van der Waals surface area contributed by atoms with E-state index in [-0.39, 0.29) is 34.3 Å². The highest BCUT2D eigenvalue weighted by molar-refractivity contribution is 6.16. The van der Waals surface area contributed by atoms with Crippen LogP contribution in [0.4, 0.5) is 5.69 Å². The number of Topliss-reactive ketones (excluding diaryl/α,β-unsaturated/α-hetero) is 1. The molecule has 8 heteroatoms. The third-order valence-corrected chi connectivity index (χ3v) is 4.24. The standard InChI is InChI=1S/C18H12N2O6/c1-19-8-9(12-5-10(20(24)25)2-3-13(12)19)4-16-18(23)17-14(22)6-11(21)7-15(17)26-16/h2-8,21-22H,1H3/b16-4+. The molecule has 130 valence electrons. The summed E-state index contributed by atoms with van der Waals surface area (Å²) in [6, 6.07) is 6.77. The Morgan fingerprint density at radius 2 is 2.00 bits per heavy atom. The van der Waals surface area contributed by atoms with E-state index < -0.39 is 10.7 Å². The minimum atomic E-state index is -0.528. The summed E-state index contributed by atoms with van der Waals surface area (Å²) in [5.74, 6) is -1.11. The number of carbonyl (C=O) groups excluding carboxylic acids is 1. The van der Waals surface area contributed by atoms with Crippen LogP contribution < -0.4 is 4.74 Å². The molecule has 1 aliphatic heterocycles. The number of nitro groups is 1. The lowest BCUT2D eigenvalue weighted by Crippen LogP contribution is -1.98. The molecular weight excluding hydrogens is 340 g/mol. The van der Waals surface area contributed by atoms with Crippen LogP contribution >= 0.6 is 0 Å². The number of ether oxygens (including phenoxy) is 1. The molecule has 0 radical (unpaired) electrons. The Kier molecular flexibility index (Phi) is 3.23. The summed E-state index contributed by atoms with van der Waals surface area (Å²) >= 11 is 0. The average Bonchev–Trinajstić information content (AvgIpc) is 3.05. The fraction of sp³-hybridized carbons (Fsp3) is 0.0556. The van der Waals surface area contributed by atoms with E-state index in [9.17, 15) is 25.1 Å². The Labute approximate surface area is 146 Å². The number of carbonyl (C=O) groups is 1. The van der Waals surface area contributed by atoms with Crippen LogP contribution in [-0.2, 0) is 7.05 Å². The molecule has 2 heterocycles. The first-order chi connectivity index (χ1) is 12.3. The van der Waals surface area contributed by atoms with Crippen molar-refractivity contribution < 1.29 is 24.7 Å². The fourth-order valence-electron chi connectivity index (χ4n) is 3.06. The number of hydrogen-bond donors (Lipinski definition) is 2. The SMILES string of the molecule is Cn1cc(/C=C2/Oc3cc(O)cc(O)c3C2=O)c2cc([N+](=O)[O-])ccc21. The van der Waals surface area contributed by atoms with E-state index in [1.165, 1.54) is 24.3 Å². The minimum Gasteiger partial charge on any atom is -0.508 e. The molecule has 0 fully saturated rings. The van der Waals surface area contributed by atoms with Gasteiger partial charge in [0, 0.05) is 54.0 Å². The van der Waals surface area contributed by atoms with E-state index in [0.29, 0.717) is 10.9 Å². The van der Waals surface area contributed by atoms with Crippen LogP contribution in [0.5, 0.6) is 17.2 Å². The first-order valence-electron chi connectivity index (χ1n) is 7.59. The van der Waals surface area contributed by atoms with Crippen molar-refractivity contribution in [2.75, 3.05) is 0 Å². The second-order valence-corrected chi connectivity index (χ2v) is 5.93. The van der Waals surface area contributed by atoms with Crippen LogP contribution in [0.2, 0.25) is 0 Å². The topological polar surface area (TPSA) is 115 Å². The normalized spacial score (nSPS) is 14.7. The smallest absolute Gasteiger partial charge is 0.270 e. The molecule has 1 aliphatic rings. The van der Waals surface area contributed by atoms with Gasteiger partial charge in [-0.1, -0.05) is 0 Å². The number of hydrogen-bond acceptors (Lipinski definition) is 6. The van der Waals surface area contributed by atoms with E-state index in [1.54, 1.807) is 23.9 Å². The van der Waals surface area contributed by atoms with Crippen molar-refractivity contribution in [2.45, 2.75) is 0 Å². The summed E-state index contributed by atoms with van der Waals surface area (Å²) in [5.41, 5.74) is 1.23. The average molecular weight is 352 g/mol. The Bertz CT molecular complexity index is 1140. The van der Waals surface area contributed by atoms with Gasteiger partial charge in [0.25, 0.3) is 5.69 Å². The first kappa shape index (κ1) is 15.7. The second kappa shape index (κ2) is 5.35. The fourth-order valence-corrected chi connectivity index (χ4v) is 3.06. The zero-order valence-electron chi connectivity index (χ0n) is 13.5. The zero-order chi connectivity index (χ0) is 18.6. The molecule has 0 saturated heterocycles. The molecule has 0 saturated carbocycles. The van der Waals surface area contributed by atoms with E-state index >= 15 is 0 Å². The van der Waals surface area contributed by atoms with Gasteiger partial charge < -0.3 is 19.5 Å². The van der Waals surface area contributed by atoms with Gasteiger partial charge >= 0.3 is 0 Å². The Hall–Kier alpha value is -3.81. The predicted molar refractivity (Wildman–Crippen MR) is 92.3 cm³/mol. The maximum Gasteiger partial charge on any atom is 0.270 e. The van der Waals surface area contributed by atoms with Crippen LogP contribution in [0.25, 0.3) is 17.0 Å². The van der Waals surface area contributed by atoms with Crippen molar-refractivity contribution in [3.05, 3.63) is 63.5 Å². The quantitative estimate of drug-likeness (QED) is 0.416. The Balaban J connectivity index is 1.85. The number of ketones is 1. The second-order valence-electron chi connectivity index (χ2n) is 5.93. The number of phenolic OH excluding ortho intramolecular Hbond substituents is 2. The number of nitro benzene ring substituents is 1. The van der Waals surface area contributed by atoms with E-state index in [0.717, 1.165) is 11.6 Å². The summed E-state index contributed by atoms with van der Waals surface area (Å²) in [4.78, 5) is 23.0. The lowest BCUT2D eigenvalue weighted by molar-refractivity contribution is -0.384. The molecule has 8 nitrogen and oxygen atoms in total. The van der Waals surface area contributed by atoms with Gasteiger partial charge in [0.2, 0.25) is 5.78 Å². The van der Waals surface area contributed by atoms with E-state index in [4.69, 9.17) is 4.74 Å². The summed E-state index contributed by atoms with van der Waals surface area (Å²) < 4.78 is 7.25. The van der Waals surface area contributed by atoms with Gasteiger partial charge in [-0.25, -0.2) is 0 Å². The third kappa shape index (κ3) is 2.27. The molecule has 0 atom stereocenters. The number of fused-ring (bicyclic) bond motifs is 2. The van der Waals surface area contributed by atoms with Gasteiger partial charge in [0.15, 0.2) is 5.76 Å². The highest BCUT2D eigenvalue weighted by Crippen LogP contribution is 2.41. The van der Waals surface area contributed by atoms with E-state index in [2.05, 4.69) is 0 Å². The first-order valence-corrected chi connectivity index (χ1v) is 7.59. The van der Waals surface area contributed by atoms with Gasteiger partial charge in [-0.2, -0.15) is 0 Å². The zero-order valence-corrected chi connectivity index (χ0v) is 13.5. The molecule has 0 bridgehead atoms. The van der Waals surface area contributed by atoms with Gasteiger partial charge in [-0.3, -0.25) is 14.9 Å². The van der Waals surface area contributed by atoms with Crippen LogP contribution in [0.1, 0.15) is 15.9 Å². The number of aryl methyl sites for hydroxylation is 1.